The second kappa shape index (κ2) is 1.49. The van der Waals surface area contributed by atoms with Crippen molar-refractivity contribution in [1.29, 1.82) is 0 Å². The van der Waals surface area contributed by atoms with E-state index >= 15 is 0 Å². The number of nitrogens with one attached hydrogen (secondary N) is 1. The Bertz CT molecular complexity index is 71.2. The van der Waals surface area contributed by atoms with Gasteiger partial charge in [0.05, 0.1) is 0 Å². The van der Waals surface area contributed by atoms with Crippen molar-refractivity contribution in [2.45, 2.75) is 0 Å². The van der Waals surface area contributed by atoms with Crippen molar-refractivity contribution >= 4 is 11.8 Å². The van der Waals surface area contributed by atoms with Gasteiger partial charge in [-0.25, -0.2) is 9.95 Å². The summed E-state index contributed by atoms with van der Waals surface area (Å²) in [5, 5.41) is 0. The smallest absolute Gasteiger partial charge is 0.0362 e. The highest BCUT2D eigenvalue weighted by molar-refractivity contribution is 6.13. The number of rotatable bonds is 0. The largest absolute Gasteiger partial charge is 0.225 e. The zero-order valence-corrected chi connectivity index (χ0v) is 3.94. The van der Waals surface area contributed by atoms with Crippen molar-refractivity contribution in [2.24, 2.45) is 0 Å². The fourth-order valence-electron chi connectivity index (χ4n) is 0.338. The van der Waals surface area contributed by atoms with Gasteiger partial charge in [-0.1, -0.05) is 0 Å². The summed E-state index contributed by atoms with van der Waals surface area (Å²) in [6.45, 7) is 0.851. The van der Waals surface area contributed by atoms with Crippen LogP contribution >= 0.6 is 11.8 Å². The Morgan fingerprint density at radius 2 is 2.67 bits per heavy atom. The molecular formula is C3H5ClN2. The summed E-state index contributed by atoms with van der Waals surface area (Å²) >= 11 is 5.35. The average Bonchev–Trinajstić information content (AvgIpc) is 1.86. The van der Waals surface area contributed by atoms with Crippen LogP contribution in [0, 0.1) is 0 Å². The highest BCUT2D eigenvalue weighted by Crippen LogP contribution is 1.93. The van der Waals surface area contributed by atoms with Crippen LogP contribution < -0.4 is 5.43 Å². The topological polar surface area (TPSA) is 15.3 Å². The van der Waals surface area contributed by atoms with Gasteiger partial charge in [0.1, 0.15) is 0 Å². The third-order valence-electron chi connectivity index (χ3n) is 0.596. The lowest BCUT2D eigenvalue weighted by molar-refractivity contribution is 0.500. The first kappa shape index (κ1) is 3.96. The summed E-state index contributed by atoms with van der Waals surface area (Å²) in [4.78, 5) is 0. The molecule has 0 saturated heterocycles. The number of hydrazine groups is 1. The normalized spacial score (nSPS) is 19.8. The molecule has 0 fully saturated rings. The van der Waals surface area contributed by atoms with Crippen LogP contribution in [0.15, 0.2) is 12.3 Å². The molecule has 0 spiro atoms. The van der Waals surface area contributed by atoms with Crippen LogP contribution in [0.2, 0.25) is 0 Å². The van der Waals surface area contributed by atoms with Crippen LogP contribution in [0.1, 0.15) is 0 Å². The van der Waals surface area contributed by atoms with E-state index in [1.165, 1.54) is 4.53 Å². The molecule has 0 atom stereocenters. The zero-order chi connectivity index (χ0) is 4.41. The monoisotopic (exact) mass is 104 g/mol. The Morgan fingerprint density at radius 1 is 1.83 bits per heavy atom. The van der Waals surface area contributed by atoms with Gasteiger partial charge in [0.15, 0.2) is 0 Å². The summed E-state index contributed by atoms with van der Waals surface area (Å²) in [5.41, 5.74) is 2.81. The second-order valence-corrected chi connectivity index (χ2v) is 1.42. The predicted molar refractivity (Wildman–Crippen MR) is 24.8 cm³/mol. The molecule has 0 aromatic carbocycles. The lowest BCUT2D eigenvalue weighted by atomic mass is 10.7. The van der Waals surface area contributed by atoms with E-state index in [0.29, 0.717) is 0 Å². The van der Waals surface area contributed by atoms with Gasteiger partial charge in [0, 0.05) is 24.5 Å². The van der Waals surface area contributed by atoms with E-state index in [2.05, 4.69) is 5.43 Å². The molecule has 0 saturated carbocycles. The SMILES string of the molecule is ClN1C=CCN1. The van der Waals surface area contributed by atoms with Gasteiger partial charge in [0.2, 0.25) is 0 Å². The standard InChI is InChI=1S/C3H5ClN2/c4-6-3-1-2-5-6/h1,3,5H,2H2. The van der Waals surface area contributed by atoms with Crippen molar-refractivity contribution in [3.63, 3.8) is 0 Å². The van der Waals surface area contributed by atoms with Gasteiger partial charge in [0.25, 0.3) is 0 Å². The quantitative estimate of drug-likeness (QED) is 0.450. The number of halogens is 1. The summed E-state index contributed by atoms with van der Waals surface area (Å²) in [6.07, 6.45) is 3.70. The highest BCUT2D eigenvalue weighted by Gasteiger charge is 1.93. The van der Waals surface area contributed by atoms with Gasteiger partial charge >= 0.3 is 0 Å². The minimum absolute atomic E-state index is 0.851. The fourth-order valence-corrected chi connectivity index (χ4v) is 0.487. The number of hydrogen-bond donors (Lipinski definition) is 1. The molecule has 1 aliphatic heterocycles. The average molecular weight is 105 g/mol. The molecule has 1 N–H and O–H groups in total. The molecule has 3 heteroatoms. The maximum atomic E-state index is 5.35. The molecule has 0 aromatic rings. The molecule has 1 heterocycles. The van der Waals surface area contributed by atoms with E-state index in [9.17, 15) is 0 Å². The van der Waals surface area contributed by atoms with Gasteiger partial charge < -0.3 is 0 Å². The maximum absolute atomic E-state index is 5.35. The van der Waals surface area contributed by atoms with E-state index in [4.69, 9.17) is 11.8 Å². The van der Waals surface area contributed by atoms with Crippen LogP contribution in [0.4, 0.5) is 0 Å². The highest BCUT2D eigenvalue weighted by atomic mass is 35.5. The van der Waals surface area contributed by atoms with Crippen LogP contribution in [0.25, 0.3) is 0 Å². The fraction of sp³-hybridized carbons (Fsp3) is 0.333. The van der Waals surface area contributed by atoms with Gasteiger partial charge in [-0.3, -0.25) is 0 Å². The first-order valence-electron chi connectivity index (χ1n) is 1.75. The first-order valence-corrected chi connectivity index (χ1v) is 2.08. The van der Waals surface area contributed by atoms with E-state index in [-0.39, 0.29) is 0 Å². The van der Waals surface area contributed by atoms with Crippen molar-refractivity contribution in [3.05, 3.63) is 12.3 Å². The number of hydrogen-bond acceptors (Lipinski definition) is 2. The zero-order valence-electron chi connectivity index (χ0n) is 3.19. The third kappa shape index (κ3) is 0.640. The van der Waals surface area contributed by atoms with Gasteiger partial charge in [-0.05, 0) is 6.08 Å². The van der Waals surface area contributed by atoms with Crippen molar-refractivity contribution < 1.29 is 0 Å². The molecule has 0 unspecified atom stereocenters. The molecule has 0 amide bonds. The van der Waals surface area contributed by atoms with Gasteiger partial charge in [-0.2, -0.15) is 0 Å². The molecule has 6 heavy (non-hydrogen) atoms. The number of nitrogens with zero attached hydrogens (tertiary/aromatic N) is 1. The molecule has 1 aliphatic rings. The van der Waals surface area contributed by atoms with E-state index < -0.39 is 0 Å². The Morgan fingerprint density at radius 3 is 2.83 bits per heavy atom. The molecular weight excluding hydrogens is 99.5 g/mol. The molecule has 34 valence electrons. The van der Waals surface area contributed by atoms with Crippen molar-refractivity contribution in [3.8, 4) is 0 Å². The third-order valence-corrected chi connectivity index (χ3v) is 0.829. The molecule has 1 rings (SSSR count). The lowest BCUT2D eigenvalue weighted by Crippen LogP contribution is -2.18. The van der Waals surface area contributed by atoms with Gasteiger partial charge in [-0.15, -0.1) is 0 Å². The summed E-state index contributed by atoms with van der Waals surface area (Å²) in [6, 6.07) is 0. The maximum Gasteiger partial charge on any atom is 0.0362 e. The van der Waals surface area contributed by atoms with Crippen molar-refractivity contribution in [2.75, 3.05) is 6.54 Å². The Hall–Kier alpha value is -0.210. The summed E-state index contributed by atoms with van der Waals surface area (Å²) in [7, 11) is 0. The Balaban J connectivity index is 2.38. The van der Waals surface area contributed by atoms with Crippen LogP contribution in [-0.2, 0) is 0 Å². The molecule has 0 aliphatic carbocycles. The van der Waals surface area contributed by atoms with Crippen LogP contribution in [-0.4, -0.2) is 11.1 Å². The van der Waals surface area contributed by atoms with E-state index in [0.717, 1.165) is 6.54 Å². The Labute approximate surface area is 41.5 Å². The molecule has 0 bridgehead atoms. The Kier molecular flexibility index (Phi) is 0.986. The van der Waals surface area contributed by atoms with Crippen molar-refractivity contribution in [1.82, 2.24) is 9.95 Å². The molecule has 2 nitrogen and oxygen atoms in total. The van der Waals surface area contributed by atoms with E-state index in [1.807, 2.05) is 6.08 Å². The molecule has 0 aromatic heterocycles. The lowest BCUT2D eigenvalue weighted by Gasteiger charge is -1.99. The first-order chi connectivity index (χ1) is 2.89. The van der Waals surface area contributed by atoms with Crippen LogP contribution in [0.3, 0.4) is 0 Å². The van der Waals surface area contributed by atoms with Crippen LogP contribution in [0.5, 0.6) is 0 Å². The predicted octanol–water partition coefficient (Wildman–Crippen LogP) is 0.474. The summed E-state index contributed by atoms with van der Waals surface area (Å²) in [5.74, 6) is 0. The minimum atomic E-state index is 0.851. The van der Waals surface area contributed by atoms with E-state index in [1.54, 1.807) is 6.20 Å². The summed E-state index contributed by atoms with van der Waals surface area (Å²) < 4.78 is 1.40. The minimum Gasteiger partial charge on any atom is -0.225 e. The molecule has 0 radical (unpaired) electrons. The second-order valence-electron chi connectivity index (χ2n) is 1.06.